The number of hydrogen-bond acceptors (Lipinski definition) is 4. The van der Waals surface area contributed by atoms with Crippen LogP contribution in [-0.4, -0.2) is 22.1 Å². The van der Waals surface area contributed by atoms with Crippen molar-refractivity contribution in [3.63, 3.8) is 0 Å². The Morgan fingerprint density at radius 1 is 1.20 bits per heavy atom. The highest BCUT2D eigenvalue weighted by Crippen LogP contribution is 2.25. The van der Waals surface area contributed by atoms with Crippen molar-refractivity contribution in [2.75, 3.05) is 0 Å². The number of amides is 1. The largest absolute Gasteiger partial charge is 0.481 e. The number of carbonyl (C=O) groups excluding carboxylic acids is 1. The second-order valence-electron chi connectivity index (χ2n) is 6.12. The molecule has 0 aliphatic heterocycles. The highest BCUT2D eigenvalue weighted by molar-refractivity contribution is 5.92. The average Bonchev–Trinajstić information content (AvgIpc) is 3.10. The van der Waals surface area contributed by atoms with Crippen LogP contribution in [-0.2, 0) is 4.79 Å². The van der Waals surface area contributed by atoms with Gasteiger partial charge in [-0.3, -0.25) is 9.59 Å². The summed E-state index contributed by atoms with van der Waals surface area (Å²) in [6.45, 7) is 5.68. The predicted molar refractivity (Wildman–Crippen MR) is 93.3 cm³/mol. The first-order valence-corrected chi connectivity index (χ1v) is 8.53. The summed E-state index contributed by atoms with van der Waals surface area (Å²) < 4.78 is 5.18. The van der Waals surface area contributed by atoms with Crippen LogP contribution >= 0.6 is 0 Å². The molecule has 0 spiro atoms. The zero-order chi connectivity index (χ0) is 18.4. The molecule has 2 aromatic rings. The van der Waals surface area contributed by atoms with Crippen molar-refractivity contribution in [3.8, 4) is 0 Å². The Labute approximate surface area is 147 Å². The van der Waals surface area contributed by atoms with Crippen LogP contribution in [0.25, 0.3) is 0 Å². The normalized spacial score (nSPS) is 13.4. The van der Waals surface area contributed by atoms with Gasteiger partial charge in [0.25, 0.3) is 5.91 Å². The zero-order valence-corrected chi connectivity index (χ0v) is 14.7. The molecule has 1 heterocycles. The number of nitrogens with zero attached hydrogens (tertiary/aromatic N) is 1. The Bertz CT molecular complexity index is 707. The maximum Gasteiger partial charge on any atom is 0.308 e. The van der Waals surface area contributed by atoms with Crippen molar-refractivity contribution in [1.29, 1.82) is 0 Å². The minimum atomic E-state index is -0.982. The smallest absolute Gasteiger partial charge is 0.308 e. The molecule has 0 fully saturated rings. The number of carboxylic acid groups (broad SMARTS) is 1. The molecule has 0 radical (unpaired) electrons. The van der Waals surface area contributed by atoms with Crippen LogP contribution < -0.4 is 5.32 Å². The summed E-state index contributed by atoms with van der Waals surface area (Å²) in [5.41, 5.74) is 1.48. The first-order chi connectivity index (χ1) is 12.0. The monoisotopic (exact) mass is 344 g/mol. The summed E-state index contributed by atoms with van der Waals surface area (Å²) in [6, 6.07) is 10.0. The van der Waals surface area contributed by atoms with E-state index in [-0.39, 0.29) is 11.7 Å². The standard InChI is InChI=1S/C19H24N2O4/c1-4-13(5-2)15-11-16(25-21-15)18(22)20-17(12(3)19(23)24)14-9-7-6-8-10-14/h6-13,17H,4-5H2,1-3H3,(H,20,22)(H,23,24). The molecule has 134 valence electrons. The molecule has 25 heavy (non-hydrogen) atoms. The van der Waals surface area contributed by atoms with Crippen LogP contribution in [0.1, 0.15) is 67.4 Å². The van der Waals surface area contributed by atoms with Crippen LogP contribution in [0.4, 0.5) is 0 Å². The number of nitrogens with one attached hydrogen (secondary N) is 1. The van der Waals surface area contributed by atoms with Crippen LogP contribution in [0, 0.1) is 5.92 Å². The number of aromatic nitrogens is 1. The quantitative estimate of drug-likeness (QED) is 0.760. The third kappa shape index (κ3) is 4.47. The van der Waals surface area contributed by atoms with Gasteiger partial charge < -0.3 is 14.9 Å². The van der Waals surface area contributed by atoms with Gasteiger partial charge in [-0.2, -0.15) is 0 Å². The Morgan fingerprint density at radius 2 is 1.84 bits per heavy atom. The van der Waals surface area contributed by atoms with Gasteiger partial charge in [0, 0.05) is 12.0 Å². The molecule has 2 rings (SSSR count). The molecule has 1 aromatic heterocycles. The highest BCUT2D eigenvalue weighted by Gasteiger charge is 2.28. The van der Waals surface area contributed by atoms with E-state index in [1.165, 1.54) is 0 Å². The molecule has 1 aromatic carbocycles. The van der Waals surface area contributed by atoms with Crippen molar-refractivity contribution < 1.29 is 19.2 Å². The van der Waals surface area contributed by atoms with E-state index >= 15 is 0 Å². The summed E-state index contributed by atoms with van der Waals surface area (Å²) in [5, 5.41) is 16.1. The SMILES string of the molecule is CCC(CC)c1cc(C(=O)NC(c2ccccc2)C(C)C(=O)O)on1. The van der Waals surface area contributed by atoms with Gasteiger partial charge in [-0.1, -0.05) is 49.3 Å². The fourth-order valence-corrected chi connectivity index (χ4v) is 2.81. The van der Waals surface area contributed by atoms with Gasteiger partial charge in [0.1, 0.15) is 0 Å². The lowest BCUT2D eigenvalue weighted by molar-refractivity contribution is -0.142. The molecule has 2 atom stereocenters. The zero-order valence-electron chi connectivity index (χ0n) is 14.7. The van der Waals surface area contributed by atoms with Crippen LogP contribution in [0.3, 0.4) is 0 Å². The van der Waals surface area contributed by atoms with Crippen molar-refractivity contribution in [1.82, 2.24) is 10.5 Å². The van der Waals surface area contributed by atoms with Gasteiger partial charge >= 0.3 is 5.97 Å². The molecule has 0 aliphatic carbocycles. The van der Waals surface area contributed by atoms with E-state index < -0.39 is 23.8 Å². The number of hydrogen-bond donors (Lipinski definition) is 2. The maximum atomic E-state index is 12.5. The molecule has 6 heteroatoms. The number of aliphatic carboxylic acids is 1. The molecular formula is C19H24N2O4. The number of carbonyl (C=O) groups is 2. The second kappa shape index (κ2) is 8.46. The Morgan fingerprint density at radius 3 is 2.40 bits per heavy atom. The lowest BCUT2D eigenvalue weighted by Crippen LogP contribution is -2.35. The first-order valence-electron chi connectivity index (χ1n) is 8.53. The van der Waals surface area contributed by atoms with Gasteiger partial charge in [-0.15, -0.1) is 0 Å². The molecule has 0 bridgehead atoms. The van der Waals surface area contributed by atoms with E-state index in [4.69, 9.17) is 4.52 Å². The second-order valence-corrected chi connectivity index (χ2v) is 6.12. The summed E-state index contributed by atoms with van der Waals surface area (Å²) in [4.78, 5) is 23.9. The molecule has 0 saturated heterocycles. The van der Waals surface area contributed by atoms with Crippen molar-refractivity contribution in [2.24, 2.45) is 5.92 Å². The van der Waals surface area contributed by atoms with E-state index in [0.29, 0.717) is 0 Å². The molecular weight excluding hydrogens is 320 g/mol. The lowest BCUT2D eigenvalue weighted by atomic mass is 9.94. The van der Waals surface area contributed by atoms with Gasteiger partial charge in [-0.25, -0.2) is 0 Å². The van der Waals surface area contributed by atoms with Crippen LogP contribution in [0.2, 0.25) is 0 Å². The van der Waals surface area contributed by atoms with E-state index in [2.05, 4.69) is 24.3 Å². The van der Waals surface area contributed by atoms with Gasteiger partial charge in [-0.05, 0) is 25.3 Å². The summed E-state index contributed by atoms with van der Waals surface area (Å²) in [5.74, 6) is -1.89. The maximum absolute atomic E-state index is 12.5. The number of benzene rings is 1. The third-order valence-electron chi connectivity index (χ3n) is 4.49. The number of rotatable bonds is 8. The molecule has 1 amide bonds. The molecule has 0 saturated carbocycles. The summed E-state index contributed by atoms with van der Waals surface area (Å²) >= 11 is 0. The van der Waals surface area contributed by atoms with E-state index in [0.717, 1.165) is 24.1 Å². The van der Waals surface area contributed by atoms with Gasteiger partial charge in [0.2, 0.25) is 5.76 Å². The van der Waals surface area contributed by atoms with E-state index in [1.807, 2.05) is 18.2 Å². The van der Waals surface area contributed by atoms with E-state index in [1.54, 1.807) is 25.1 Å². The van der Waals surface area contributed by atoms with Gasteiger partial charge in [0.05, 0.1) is 17.7 Å². The van der Waals surface area contributed by atoms with Crippen molar-refractivity contribution in [3.05, 3.63) is 53.4 Å². The Kier molecular flexibility index (Phi) is 6.33. The van der Waals surface area contributed by atoms with Crippen LogP contribution in [0.15, 0.2) is 40.9 Å². The highest BCUT2D eigenvalue weighted by atomic mass is 16.5. The Balaban J connectivity index is 2.21. The molecule has 2 N–H and O–H groups in total. The van der Waals surface area contributed by atoms with E-state index in [9.17, 15) is 14.7 Å². The predicted octanol–water partition coefficient (Wildman–Crippen LogP) is 3.77. The summed E-state index contributed by atoms with van der Waals surface area (Å²) in [7, 11) is 0. The van der Waals surface area contributed by atoms with Crippen molar-refractivity contribution >= 4 is 11.9 Å². The fourth-order valence-electron chi connectivity index (χ4n) is 2.81. The minimum absolute atomic E-state index is 0.0976. The van der Waals surface area contributed by atoms with Gasteiger partial charge in [0.15, 0.2) is 0 Å². The lowest BCUT2D eigenvalue weighted by Gasteiger charge is -2.22. The van der Waals surface area contributed by atoms with Crippen LogP contribution in [0.5, 0.6) is 0 Å². The third-order valence-corrected chi connectivity index (χ3v) is 4.49. The fraction of sp³-hybridized carbons (Fsp3) is 0.421. The average molecular weight is 344 g/mol. The summed E-state index contributed by atoms with van der Waals surface area (Å²) in [6.07, 6.45) is 1.82. The topological polar surface area (TPSA) is 92.4 Å². The number of carboxylic acids is 1. The van der Waals surface area contributed by atoms with Crippen molar-refractivity contribution in [2.45, 2.75) is 45.6 Å². The molecule has 2 unspecified atom stereocenters. The first kappa shape index (κ1) is 18.7. The Hall–Kier alpha value is -2.63. The minimum Gasteiger partial charge on any atom is -0.481 e. The molecule has 6 nitrogen and oxygen atoms in total. The molecule has 0 aliphatic rings.